The number of hydrogen-bond acceptors (Lipinski definition) is 2. The lowest BCUT2D eigenvalue weighted by Crippen LogP contribution is -2.22. The lowest BCUT2D eigenvalue weighted by molar-refractivity contribution is 0.855. The van der Waals surface area contributed by atoms with Gasteiger partial charge in [-0.25, -0.2) is 9.98 Å². The molecule has 74 valence electrons. The summed E-state index contributed by atoms with van der Waals surface area (Å²) in [6, 6.07) is 0. The fourth-order valence-corrected chi connectivity index (χ4v) is 1.09. The monoisotopic (exact) mass is 189 g/mol. The number of nitrogens with one attached hydrogen (secondary N) is 1. The molecule has 1 aliphatic heterocycles. The molecule has 0 aliphatic carbocycles. The van der Waals surface area contributed by atoms with Crippen molar-refractivity contribution in [3.8, 4) is 0 Å². The Balaban J connectivity index is 2.99. The van der Waals surface area contributed by atoms with Gasteiger partial charge in [0.1, 0.15) is 5.84 Å². The molecule has 3 heteroatoms. The van der Waals surface area contributed by atoms with Gasteiger partial charge in [0.05, 0.1) is 5.70 Å². The second-order valence-corrected chi connectivity index (χ2v) is 3.23. The summed E-state index contributed by atoms with van der Waals surface area (Å²) in [5.41, 5.74) is 0.878. The zero-order chi connectivity index (χ0) is 10.6. The number of nitrogens with zero attached hydrogens (tertiary/aromatic N) is 2. The normalized spacial score (nSPS) is 21.2. The van der Waals surface area contributed by atoms with Crippen molar-refractivity contribution in [1.29, 1.82) is 0 Å². The Morgan fingerprint density at radius 2 is 2.14 bits per heavy atom. The zero-order valence-electron chi connectivity index (χ0n) is 8.62. The summed E-state index contributed by atoms with van der Waals surface area (Å²) in [4.78, 5) is 8.42. The number of amidine groups is 2. The maximum Gasteiger partial charge on any atom is 0.177 e. The maximum atomic E-state index is 4.35. The fraction of sp³-hybridized carbons (Fsp3) is 0.273. The SMILES string of the molecule is C=C/C=C1/NC(C(C)C)=NC1=NC=C. The van der Waals surface area contributed by atoms with Crippen LogP contribution in [0.15, 0.2) is 47.2 Å². The van der Waals surface area contributed by atoms with Gasteiger partial charge in [0, 0.05) is 12.1 Å². The highest BCUT2D eigenvalue weighted by molar-refractivity contribution is 6.14. The fourth-order valence-electron chi connectivity index (χ4n) is 1.09. The molecule has 0 saturated heterocycles. The van der Waals surface area contributed by atoms with Crippen LogP contribution < -0.4 is 5.32 Å². The van der Waals surface area contributed by atoms with Crippen LogP contribution in [0.5, 0.6) is 0 Å². The van der Waals surface area contributed by atoms with Gasteiger partial charge in [-0.15, -0.1) is 0 Å². The molecule has 0 atom stereocenters. The molecule has 1 rings (SSSR count). The van der Waals surface area contributed by atoms with E-state index in [0.717, 1.165) is 11.5 Å². The number of hydrogen-bond donors (Lipinski definition) is 1. The third-order valence-electron chi connectivity index (χ3n) is 1.77. The molecule has 0 amide bonds. The Morgan fingerprint density at radius 1 is 1.43 bits per heavy atom. The summed E-state index contributed by atoms with van der Waals surface area (Å²) >= 11 is 0. The topological polar surface area (TPSA) is 36.8 Å². The van der Waals surface area contributed by atoms with Gasteiger partial charge in [0.15, 0.2) is 5.84 Å². The van der Waals surface area contributed by atoms with Gasteiger partial charge in [-0.2, -0.15) is 0 Å². The first-order valence-electron chi connectivity index (χ1n) is 4.56. The van der Waals surface area contributed by atoms with Gasteiger partial charge < -0.3 is 5.32 Å². The van der Waals surface area contributed by atoms with E-state index in [1.807, 2.05) is 6.08 Å². The Bertz CT molecular complexity index is 332. The van der Waals surface area contributed by atoms with Crippen LogP contribution in [0, 0.1) is 5.92 Å². The Labute approximate surface area is 84.7 Å². The molecule has 14 heavy (non-hydrogen) atoms. The van der Waals surface area contributed by atoms with E-state index >= 15 is 0 Å². The van der Waals surface area contributed by atoms with Crippen LogP contribution >= 0.6 is 0 Å². The summed E-state index contributed by atoms with van der Waals surface area (Å²) in [7, 11) is 0. The highest BCUT2D eigenvalue weighted by Crippen LogP contribution is 2.10. The zero-order valence-corrected chi connectivity index (χ0v) is 8.62. The van der Waals surface area contributed by atoms with E-state index in [1.165, 1.54) is 6.20 Å². The number of allylic oxidation sites excluding steroid dienone is 2. The molecule has 1 aliphatic rings. The standard InChI is InChI=1S/C11H15N3/c1-5-7-9-11(12-6-2)14-10(13-9)8(3)4/h5-8H,1-2H2,3-4H3,(H,12,13,14)/b9-7+. The van der Waals surface area contributed by atoms with Gasteiger partial charge >= 0.3 is 0 Å². The third-order valence-corrected chi connectivity index (χ3v) is 1.77. The van der Waals surface area contributed by atoms with E-state index in [1.54, 1.807) is 6.08 Å². The summed E-state index contributed by atoms with van der Waals surface area (Å²) < 4.78 is 0. The molecule has 0 aromatic heterocycles. The van der Waals surface area contributed by atoms with Crippen LogP contribution in [-0.4, -0.2) is 11.7 Å². The number of aliphatic imine (C=N–C) groups is 2. The first kappa shape index (κ1) is 10.4. The van der Waals surface area contributed by atoms with E-state index in [0.29, 0.717) is 11.8 Å². The van der Waals surface area contributed by atoms with Crippen molar-refractivity contribution in [2.75, 3.05) is 0 Å². The van der Waals surface area contributed by atoms with E-state index in [2.05, 4.69) is 42.3 Å². The summed E-state index contributed by atoms with van der Waals surface area (Å²) in [6.45, 7) is 11.3. The maximum absolute atomic E-state index is 4.35. The first-order chi connectivity index (χ1) is 6.69. The molecule has 0 radical (unpaired) electrons. The second kappa shape index (κ2) is 4.56. The Morgan fingerprint density at radius 3 is 2.64 bits per heavy atom. The van der Waals surface area contributed by atoms with Crippen molar-refractivity contribution < 1.29 is 0 Å². The van der Waals surface area contributed by atoms with Gasteiger partial charge in [-0.3, -0.25) is 0 Å². The van der Waals surface area contributed by atoms with Crippen LogP contribution in [0.1, 0.15) is 13.8 Å². The predicted octanol–water partition coefficient (Wildman–Crippen LogP) is 2.26. The molecule has 1 heterocycles. The lowest BCUT2D eigenvalue weighted by Gasteiger charge is -2.04. The lowest BCUT2D eigenvalue weighted by atomic mass is 10.2. The number of rotatable bonds is 3. The van der Waals surface area contributed by atoms with Crippen molar-refractivity contribution in [3.63, 3.8) is 0 Å². The van der Waals surface area contributed by atoms with Gasteiger partial charge in [0.2, 0.25) is 0 Å². The van der Waals surface area contributed by atoms with Crippen LogP contribution in [0.3, 0.4) is 0 Å². The van der Waals surface area contributed by atoms with Crippen molar-refractivity contribution in [2.24, 2.45) is 15.9 Å². The Hall–Kier alpha value is -1.64. The summed E-state index contributed by atoms with van der Waals surface area (Å²) in [5.74, 6) is 1.96. The molecule has 1 N–H and O–H groups in total. The van der Waals surface area contributed by atoms with Crippen LogP contribution in [-0.2, 0) is 0 Å². The molecular weight excluding hydrogens is 174 g/mol. The van der Waals surface area contributed by atoms with Gasteiger partial charge in [0.25, 0.3) is 0 Å². The van der Waals surface area contributed by atoms with E-state index < -0.39 is 0 Å². The molecule has 0 unspecified atom stereocenters. The highest BCUT2D eigenvalue weighted by Gasteiger charge is 2.18. The minimum Gasteiger partial charge on any atom is -0.340 e. The van der Waals surface area contributed by atoms with Crippen molar-refractivity contribution in [1.82, 2.24) is 5.32 Å². The van der Waals surface area contributed by atoms with Crippen molar-refractivity contribution in [2.45, 2.75) is 13.8 Å². The molecule has 0 spiro atoms. The van der Waals surface area contributed by atoms with Crippen LogP contribution in [0.2, 0.25) is 0 Å². The minimum atomic E-state index is 0.362. The van der Waals surface area contributed by atoms with E-state index in [4.69, 9.17) is 0 Å². The molecular formula is C11H15N3. The van der Waals surface area contributed by atoms with E-state index in [9.17, 15) is 0 Å². The quantitative estimate of drug-likeness (QED) is 0.726. The summed E-state index contributed by atoms with van der Waals surface area (Å²) in [6.07, 6.45) is 5.04. The van der Waals surface area contributed by atoms with Crippen LogP contribution in [0.25, 0.3) is 0 Å². The predicted molar refractivity (Wildman–Crippen MR) is 61.3 cm³/mol. The van der Waals surface area contributed by atoms with Gasteiger partial charge in [-0.05, 0) is 6.08 Å². The smallest absolute Gasteiger partial charge is 0.177 e. The molecule has 0 fully saturated rings. The Kier molecular flexibility index (Phi) is 3.40. The third kappa shape index (κ3) is 2.19. The first-order valence-corrected chi connectivity index (χ1v) is 4.56. The van der Waals surface area contributed by atoms with Crippen molar-refractivity contribution in [3.05, 3.63) is 37.2 Å². The van der Waals surface area contributed by atoms with Gasteiger partial charge in [-0.1, -0.05) is 33.1 Å². The molecule has 0 saturated carbocycles. The van der Waals surface area contributed by atoms with Crippen LogP contribution in [0.4, 0.5) is 0 Å². The molecule has 0 aromatic rings. The second-order valence-electron chi connectivity index (χ2n) is 3.23. The largest absolute Gasteiger partial charge is 0.340 e. The van der Waals surface area contributed by atoms with E-state index in [-0.39, 0.29) is 0 Å². The molecule has 0 aromatic carbocycles. The minimum absolute atomic E-state index is 0.362. The molecule has 0 bridgehead atoms. The molecule has 3 nitrogen and oxygen atoms in total. The summed E-state index contributed by atoms with van der Waals surface area (Å²) in [5, 5.41) is 3.19. The van der Waals surface area contributed by atoms with Crippen molar-refractivity contribution >= 4 is 11.7 Å². The highest BCUT2D eigenvalue weighted by atomic mass is 15.1. The average Bonchev–Trinajstić information content (AvgIpc) is 2.50. The average molecular weight is 189 g/mol.